The monoisotopic (exact) mass is 182 g/mol. The second-order valence-corrected chi connectivity index (χ2v) is 5.47. The fourth-order valence-corrected chi connectivity index (χ4v) is 3.10. The summed E-state index contributed by atoms with van der Waals surface area (Å²) in [5.74, 6) is 0.969. The maximum Gasteiger partial charge on any atom is -0.0323 e. The lowest BCUT2D eigenvalue weighted by Gasteiger charge is -2.34. The fraction of sp³-hybridized carbons (Fsp3) is 1.00. The summed E-state index contributed by atoms with van der Waals surface area (Å²) in [6.07, 6.45) is 11.7. The molecule has 0 heteroatoms. The zero-order valence-electron chi connectivity index (χ0n) is 9.73. The SMILES string of the molecule is CCCC1(C)CCCCCC(C)C1. The fourth-order valence-electron chi connectivity index (χ4n) is 3.10. The Hall–Kier alpha value is 0. The molecule has 0 aromatic heterocycles. The summed E-state index contributed by atoms with van der Waals surface area (Å²) in [5, 5.41) is 0. The lowest BCUT2D eigenvalue weighted by Crippen LogP contribution is -2.21. The van der Waals surface area contributed by atoms with E-state index >= 15 is 0 Å². The molecule has 0 aromatic carbocycles. The predicted octanol–water partition coefficient (Wildman–Crippen LogP) is 4.78. The Morgan fingerprint density at radius 2 is 2.00 bits per heavy atom. The van der Waals surface area contributed by atoms with Crippen molar-refractivity contribution in [3.05, 3.63) is 0 Å². The van der Waals surface area contributed by atoms with Crippen LogP contribution in [0, 0.1) is 11.3 Å². The van der Waals surface area contributed by atoms with Gasteiger partial charge in [0, 0.05) is 0 Å². The van der Waals surface area contributed by atoms with Crippen molar-refractivity contribution in [1.29, 1.82) is 0 Å². The number of rotatable bonds is 2. The average Bonchev–Trinajstić information content (AvgIpc) is 2.01. The van der Waals surface area contributed by atoms with Gasteiger partial charge in [-0.3, -0.25) is 0 Å². The molecule has 0 nitrogen and oxygen atoms in total. The normalized spacial score (nSPS) is 36.7. The Morgan fingerprint density at radius 3 is 2.69 bits per heavy atom. The minimum Gasteiger partial charge on any atom is -0.0654 e. The lowest BCUT2D eigenvalue weighted by atomic mass is 9.72. The number of hydrogen-bond donors (Lipinski definition) is 0. The molecule has 1 aliphatic rings. The molecule has 0 heterocycles. The van der Waals surface area contributed by atoms with E-state index in [1.165, 1.54) is 51.4 Å². The van der Waals surface area contributed by atoms with Gasteiger partial charge in [0.2, 0.25) is 0 Å². The average molecular weight is 182 g/mol. The molecule has 0 N–H and O–H groups in total. The van der Waals surface area contributed by atoms with Crippen molar-refractivity contribution in [3.8, 4) is 0 Å². The highest BCUT2D eigenvalue weighted by atomic mass is 14.3. The largest absolute Gasteiger partial charge is 0.0654 e. The predicted molar refractivity (Wildman–Crippen MR) is 59.9 cm³/mol. The molecule has 1 aliphatic carbocycles. The molecule has 13 heavy (non-hydrogen) atoms. The van der Waals surface area contributed by atoms with Gasteiger partial charge in [-0.25, -0.2) is 0 Å². The van der Waals surface area contributed by atoms with Gasteiger partial charge in [-0.15, -0.1) is 0 Å². The zero-order chi connectivity index (χ0) is 9.73. The van der Waals surface area contributed by atoms with Crippen LogP contribution >= 0.6 is 0 Å². The molecular weight excluding hydrogens is 156 g/mol. The van der Waals surface area contributed by atoms with Gasteiger partial charge in [0.25, 0.3) is 0 Å². The zero-order valence-corrected chi connectivity index (χ0v) is 9.73. The van der Waals surface area contributed by atoms with Gasteiger partial charge >= 0.3 is 0 Å². The number of hydrogen-bond acceptors (Lipinski definition) is 0. The van der Waals surface area contributed by atoms with Gasteiger partial charge in [0.15, 0.2) is 0 Å². The van der Waals surface area contributed by atoms with Crippen LogP contribution in [0.2, 0.25) is 0 Å². The third-order valence-electron chi connectivity index (χ3n) is 3.67. The quantitative estimate of drug-likeness (QED) is 0.576. The molecule has 0 saturated heterocycles. The van der Waals surface area contributed by atoms with E-state index in [1.807, 2.05) is 0 Å². The molecule has 0 spiro atoms. The molecule has 1 rings (SSSR count). The van der Waals surface area contributed by atoms with Crippen LogP contribution in [0.4, 0.5) is 0 Å². The standard InChI is InChI=1S/C13H26/c1-4-9-13(3)10-7-5-6-8-12(2)11-13/h12H,4-11H2,1-3H3. The van der Waals surface area contributed by atoms with E-state index in [1.54, 1.807) is 0 Å². The molecular formula is C13H26. The van der Waals surface area contributed by atoms with Gasteiger partial charge < -0.3 is 0 Å². The second kappa shape index (κ2) is 5.02. The topological polar surface area (TPSA) is 0 Å². The van der Waals surface area contributed by atoms with Crippen LogP contribution < -0.4 is 0 Å². The highest BCUT2D eigenvalue weighted by molar-refractivity contribution is 4.78. The van der Waals surface area contributed by atoms with E-state index < -0.39 is 0 Å². The Labute approximate surface area is 84.1 Å². The van der Waals surface area contributed by atoms with Crippen LogP contribution in [-0.2, 0) is 0 Å². The minimum atomic E-state index is 0.675. The van der Waals surface area contributed by atoms with Gasteiger partial charge in [-0.1, -0.05) is 52.9 Å². The molecule has 0 aromatic rings. The van der Waals surface area contributed by atoms with Crippen LogP contribution in [0.1, 0.15) is 72.1 Å². The summed E-state index contributed by atoms with van der Waals surface area (Å²) < 4.78 is 0. The molecule has 2 atom stereocenters. The highest BCUT2D eigenvalue weighted by Gasteiger charge is 2.26. The molecule has 0 radical (unpaired) electrons. The van der Waals surface area contributed by atoms with E-state index in [2.05, 4.69) is 20.8 Å². The summed E-state index contributed by atoms with van der Waals surface area (Å²) in [6.45, 7) is 7.28. The van der Waals surface area contributed by atoms with E-state index in [9.17, 15) is 0 Å². The summed E-state index contributed by atoms with van der Waals surface area (Å²) in [5.41, 5.74) is 0.675. The maximum atomic E-state index is 2.51. The third kappa shape index (κ3) is 3.70. The first kappa shape index (κ1) is 11.1. The summed E-state index contributed by atoms with van der Waals surface area (Å²) in [4.78, 5) is 0. The van der Waals surface area contributed by atoms with Gasteiger partial charge in [0.1, 0.15) is 0 Å². The highest BCUT2D eigenvalue weighted by Crippen LogP contribution is 2.39. The second-order valence-electron chi connectivity index (χ2n) is 5.47. The first-order valence-electron chi connectivity index (χ1n) is 6.16. The Balaban J connectivity index is 2.48. The van der Waals surface area contributed by atoms with Crippen molar-refractivity contribution in [2.24, 2.45) is 11.3 Å². The smallest absolute Gasteiger partial charge is 0.0323 e. The van der Waals surface area contributed by atoms with Crippen molar-refractivity contribution in [2.45, 2.75) is 72.1 Å². The summed E-state index contributed by atoms with van der Waals surface area (Å²) in [7, 11) is 0. The molecule has 1 saturated carbocycles. The van der Waals surface area contributed by atoms with E-state index in [0.717, 1.165) is 5.92 Å². The van der Waals surface area contributed by atoms with Crippen molar-refractivity contribution in [2.75, 3.05) is 0 Å². The minimum absolute atomic E-state index is 0.675. The van der Waals surface area contributed by atoms with Crippen molar-refractivity contribution in [1.82, 2.24) is 0 Å². The molecule has 1 fully saturated rings. The third-order valence-corrected chi connectivity index (χ3v) is 3.67. The Bertz CT molecular complexity index is 139. The molecule has 0 amide bonds. The van der Waals surface area contributed by atoms with Crippen LogP contribution in [0.5, 0.6) is 0 Å². The lowest BCUT2D eigenvalue weighted by molar-refractivity contribution is 0.180. The summed E-state index contributed by atoms with van der Waals surface area (Å²) in [6, 6.07) is 0. The first-order chi connectivity index (χ1) is 6.16. The van der Waals surface area contributed by atoms with Gasteiger partial charge in [0.05, 0.1) is 0 Å². The molecule has 2 unspecified atom stereocenters. The maximum absolute atomic E-state index is 2.51. The Kier molecular flexibility index (Phi) is 4.28. The van der Waals surface area contributed by atoms with Crippen molar-refractivity contribution in [3.63, 3.8) is 0 Å². The Morgan fingerprint density at radius 1 is 1.23 bits per heavy atom. The molecule has 78 valence electrons. The van der Waals surface area contributed by atoms with Gasteiger partial charge in [-0.2, -0.15) is 0 Å². The van der Waals surface area contributed by atoms with Crippen LogP contribution in [-0.4, -0.2) is 0 Å². The van der Waals surface area contributed by atoms with E-state index in [-0.39, 0.29) is 0 Å². The van der Waals surface area contributed by atoms with Crippen LogP contribution in [0.25, 0.3) is 0 Å². The molecule has 0 bridgehead atoms. The van der Waals surface area contributed by atoms with Gasteiger partial charge in [-0.05, 0) is 30.6 Å². The van der Waals surface area contributed by atoms with Crippen molar-refractivity contribution < 1.29 is 0 Å². The van der Waals surface area contributed by atoms with Crippen LogP contribution in [0.3, 0.4) is 0 Å². The van der Waals surface area contributed by atoms with Crippen LogP contribution in [0.15, 0.2) is 0 Å². The molecule has 0 aliphatic heterocycles. The summed E-state index contributed by atoms with van der Waals surface area (Å²) >= 11 is 0. The van der Waals surface area contributed by atoms with Crippen molar-refractivity contribution >= 4 is 0 Å². The first-order valence-corrected chi connectivity index (χ1v) is 6.16. The van der Waals surface area contributed by atoms with E-state index in [0.29, 0.717) is 5.41 Å². The van der Waals surface area contributed by atoms with E-state index in [4.69, 9.17) is 0 Å².